The van der Waals surface area contributed by atoms with Gasteiger partial charge in [-0.05, 0) is 12.4 Å². The zero-order valence-electron chi connectivity index (χ0n) is 6.81. The van der Waals surface area contributed by atoms with Crippen molar-refractivity contribution >= 4 is 0 Å². The Morgan fingerprint density at radius 2 is 2.08 bits per heavy atom. The molecule has 4 heteroatoms. The Bertz CT molecular complexity index is 312. The standard InChI is InChI=1S/C9H5N3.Y/c1-2-9(12-11-5-1)8-3-6-10-7-4-8;/h1,3,5-7H;/q-2;. The van der Waals surface area contributed by atoms with Gasteiger partial charge in [-0.3, -0.25) is 15.6 Å². The molecule has 0 aromatic carbocycles. The van der Waals surface area contributed by atoms with Crippen molar-refractivity contribution in [3.05, 3.63) is 42.9 Å². The molecule has 2 heterocycles. The zero-order valence-corrected chi connectivity index (χ0v) is 9.64. The molecule has 61 valence electrons. The maximum Gasteiger partial charge on any atom is 0 e. The van der Waals surface area contributed by atoms with E-state index in [9.17, 15) is 0 Å². The summed E-state index contributed by atoms with van der Waals surface area (Å²) in [4.78, 5) is 3.85. The molecular formula is C9H5N3Y-2. The minimum absolute atomic E-state index is 0. The van der Waals surface area contributed by atoms with Crippen LogP contribution in [-0.2, 0) is 32.7 Å². The van der Waals surface area contributed by atoms with E-state index in [1.165, 1.54) is 0 Å². The Balaban J connectivity index is 0.000000845. The summed E-state index contributed by atoms with van der Waals surface area (Å²) >= 11 is 0. The summed E-state index contributed by atoms with van der Waals surface area (Å²) < 4.78 is 0. The Morgan fingerprint density at radius 3 is 2.69 bits per heavy atom. The van der Waals surface area contributed by atoms with E-state index in [4.69, 9.17) is 0 Å². The van der Waals surface area contributed by atoms with Crippen molar-refractivity contribution in [3.63, 3.8) is 0 Å². The van der Waals surface area contributed by atoms with E-state index in [0.717, 1.165) is 5.56 Å². The Morgan fingerprint density at radius 1 is 1.15 bits per heavy atom. The van der Waals surface area contributed by atoms with Crippen LogP contribution in [-0.4, -0.2) is 15.2 Å². The summed E-state index contributed by atoms with van der Waals surface area (Å²) in [5.74, 6) is 0. The van der Waals surface area contributed by atoms with Gasteiger partial charge >= 0.3 is 0 Å². The van der Waals surface area contributed by atoms with Gasteiger partial charge in [-0.15, -0.1) is 5.69 Å². The SMILES string of the molecule is [Y].[c-]1cnccc1-c1[c-]ccnn1. The van der Waals surface area contributed by atoms with Crippen LogP contribution in [0.1, 0.15) is 0 Å². The molecule has 0 saturated carbocycles. The molecule has 0 fully saturated rings. The molecule has 2 rings (SSSR count). The third kappa shape index (κ3) is 2.64. The van der Waals surface area contributed by atoms with Crippen molar-refractivity contribution in [2.45, 2.75) is 0 Å². The zero-order chi connectivity index (χ0) is 8.23. The predicted octanol–water partition coefficient (Wildman–Crippen LogP) is 1.14. The van der Waals surface area contributed by atoms with Crippen molar-refractivity contribution in [3.8, 4) is 11.3 Å². The predicted molar refractivity (Wildman–Crippen MR) is 42.9 cm³/mol. The second-order valence-electron chi connectivity index (χ2n) is 2.18. The van der Waals surface area contributed by atoms with Crippen LogP contribution in [0.25, 0.3) is 11.3 Å². The summed E-state index contributed by atoms with van der Waals surface area (Å²) in [7, 11) is 0. The summed E-state index contributed by atoms with van der Waals surface area (Å²) in [6.45, 7) is 0. The number of hydrogen-bond acceptors (Lipinski definition) is 3. The molecule has 1 radical (unpaired) electrons. The topological polar surface area (TPSA) is 38.7 Å². The number of hydrogen-bond donors (Lipinski definition) is 0. The quantitative estimate of drug-likeness (QED) is 0.706. The van der Waals surface area contributed by atoms with Gasteiger partial charge in [0.05, 0.1) is 0 Å². The molecule has 2 aromatic heterocycles. The van der Waals surface area contributed by atoms with Crippen molar-refractivity contribution in [1.82, 2.24) is 15.2 Å². The first-order valence-electron chi connectivity index (χ1n) is 3.48. The van der Waals surface area contributed by atoms with E-state index in [0.29, 0.717) is 5.69 Å². The average Bonchev–Trinajstić information content (AvgIpc) is 2.21. The molecule has 13 heavy (non-hydrogen) atoms. The van der Waals surface area contributed by atoms with Crippen LogP contribution in [0.5, 0.6) is 0 Å². The van der Waals surface area contributed by atoms with Gasteiger partial charge in [-0.25, -0.2) is 17.2 Å². The van der Waals surface area contributed by atoms with Crippen LogP contribution in [0.15, 0.2) is 30.7 Å². The van der Waals surface area contributed by atoms with E-state index in [1.54, 1.807) is 24.7 Å². The van der Waals surface area contributed by atoms with Gasteiger partial charge in [0.25, 0.3) is 0 Å². The molecule has 2 aromatic rings. The number of pyridine rings is 1. The molecule has 0 N–H and O–H groups in total. The molecule has 0 atom stereocenters. The minimum Gasteiger partial charge on any atom is -0.294 e. The third-order valence-corrected chi connectivity index (χ3v) is 1.40. The first-order chi connectivity index (χ1) is 5.97. The summed E-state index contributed by atoms with van der Waals surface area (Å²) in [6.07, 6.45) is 4.87. The molecule has 0 saturated heterocycles. The van der Waals surface area contributed by atoms with Crippen molar-refractivity contribution in [1.29, 1.82) is 0 Å². The summed E-state index contributed by atoms with van der Waals surface area (Å²) in [5, 5.41) is 7.62. The van der Waals surface area contributed by atoms with Crippen LogP contribution in [0, 0.1) is 12.1 Å². The number of aromatic nitrogens is 3. The van der Waals surface area contributed by atoms with Gasteiger partial charge in [0.2, 0.25) is 0 Å². The van der Waals surface area contributed by atoms with Crippen LogP contribution in [0.2, 0.25) is 0 Å². The Labute approximate surface area is 101 Å². The Kier molecular flexibility index (Phi) is 4.12. The maximum absolute atomic E-state index is 3.88. The monoisotopic (exact) mass is 244 g/mol. The molecule has 0 spiro atoms. The van der Waals surface area contributed by atoms with Gasteiger partial charge in [0.1, 0.15) is 0 Å². The van der Waals surface area contributed by atoms with Crippen molar-refractivity contribution < 1.29 is 32.7 Å². The van der Waals surface area contributed by atoms with Crippen LogP contribution < -0.4 is 0 Å². The molecule has 0 unspecified atom stereocenters. The normalized spacial score (nSPS) is 8.92. The fourth-order valence-electron chi connectivity index (χ4n) is 0.864. The Hall–Kier alpha value is -0.666. The largest absolute Gasteiger partial charge is 0.294 e. The van der Waals surface area contributed by atoms with E-state index in [-0.39, 0.29) is 32.7 Å². The number of nitrogens with zero attached hydrogens (tertiary/aromatic N) is 3. The van der Waals surface area contributed by atoms with Gasteiger partial charge in [-0.1, -0.05) is 6.20 Å². The molecular weight excluding hydrogens is 239 g/mol. The van der Waals surface area contributed by atoms with Gasteiger partial charge in [0.15, 0.2) is 0 Å². The van der Waals surface area contributed by atoms with Crippen LogP contribution >= 0.6 is 0 Å². The molecule has 0 bridgehead atoms. The van der Waals surface area contributed by atoms with Crippen LogP contribution in [0.4, 0.5) is 0 Å². The first-order valence-corrected chi connectivity index (χ1v) is 3.48. The molecule has 0 aliphatic rings. The van der Waals surface area contributed by atoms with E-state index in [2.05, 4.69) is 27.3 Å². The second-order valence-corrected chi connectivity index (χ2v) is 2.18. The third-order valence-electron chi connectivity index (χ3n) is 1.40. The van der Waals surface area contributed by atoms with E-state index >= 15 is 0 Å². The van der Waals surface area contributed by atoms with Gasteiger partial charge in [-0.2, -0.15) is 12.1 Å². The van der Waals surface area contributed by atoms with E-state index in [1.807, 2.05) is 6.07 Å². The van der Waals surface area contributed by atoms with Gasteiger partial charge < -0.3 is 0 Å². The van der Waals surface area contributed by atoms with Gasteiger partial charge in [0, 0.05) is 32.7 Å². The fraction of sp³-hybridized carbons (Fsp3) is 0. The van der Waals surface area contributed by atoms with E-state index < -0.39 is 0 Å². The molecule has 0 aliphatic carbocycles. The molecule has 0 amide bonds. The van der Waals surface area contributed by atoms with Crippen molar-refractivity contribution in [2.75, 3.05) is 0 Å². The second kappa shape index (κ2) is 5.15. The van der Waals surface area contributed by atoms with Crippen molar-refractivity contribution in [2.24, 2.45) is 0 Å². The smallest absolute Gasteiger partial charge is 0 e. The number of rotatable bonds is 1. The first kappa shape index (κ1) is 10.4. The fourth-order valence-corrected chi connectivity index (χ4v) is 0.864. The van der Waals surface area contributed by atoms with Crippen LogP contribution in [0.3, 0.4) is 0 Å². The summed E-state index contributed by atoms with van der Waals surface area (Å²) in [6, 6.07) is 9.43. The maximum atomic E-state index is 3.88. The average molecular weight is 244 g/mol. The molecule has 0 aliphatic heterocycles. The minimum atomic E-state index is 0. The molecule has 3 nitrogen and oxygen atoms in total. The summed E-state index contributed by atoms with van der Waals surface area (Å²) in [5.41, 5.74) is 1.55.